The van der Waals surface area contributed by atoms with Crippen molar-refractivity contribution in [1.82, 2.24) is 15.0 Å². The number of rotatable bonds is 1. The van der Waals surface area contributed by atoms with E-state index in [-0.39, 0.29) is 5.78 Å². The summed E-state index contributed by atoms with van der Waals surface area (Å²) in [6.45, 7) is 0. The van der Waals surface area contributed by atoms with Gasteiger partial charge in [-0.2, -0.15) is 0 Å². The molecule has 1 aliphatic rings. The fraction of sp³-hybridized carbons (Fsp3) is 0.231. The summed E-state index contributed by atoms with van der Waals surface area (Å²) in [6, 6.07) is 3.52. The molecular weight excluding hydrogens is 250 g/mol. The maximum atomic E-state index is 11.7. The first kappa shape index (κ1) is 11.3. The van der Waals surface area contributed by atoms with Crippen LogP contribution in [-0.4, -0.2) is 20.7 Å². The van der Waals surface area contributed by atoms with Gasteiger partial charge in [0, 0.05) is 18.8 Å². The Labute approximate surface area is 109 Å². The molecule has 5 heteroatoms. The standard InChI is InChI=1S/C13H10ClN3O/c14-8-4-5-11(15-6-8)13-16-7-9-10(17-13)2-1-3-12(9)18/h4-7H,1-3H2. The molecule has 2 aromatic heterocycles. The number of ketones is 1. The Morgan fingerprint density at radius 1 is 1.11 bits per heavy atom. The monoisotopic (exact) mass is 259 g/mol. The van der Waals surface area contributed by atoms with Crippen molar-refractivity contribution in [3.63, 3.8) is 0 Å². The average Bonchev–Trinajstić information content (AvgIpc) is 2.39. The highest BCUT2D eigenvalue weighted by Gasteiger charge is 2.19. The number of carbonyl (C=O) groups excluding carboxylic acids is 1. The van der Waals surface area contributed by atoms with Crippen molar-refractivity contribution < 1.29 is 4.79 Å². The lowest BCUT2D eigenvalue weighted by atomic mass is 9.96. The number of pyridine rings is 1. The van der Waals surface area contributed by atoms with E-state index in [2.05, 4.69) is 15.0 Å². The summed E-state index contributed by atoms with van der Waals surface area (Å²) in [5, 5.41) is 0.576. The minimum atomic E-state index is 0.131. The van der Waals surface area contributed by atoms with Crippen LogP contribution in [0.3, 0.4) is 0 Å². The van der Waals surface area contributed by atoms with Crippen molar-refractivity contribution in [3.05, 3.63) is 40.8 Å². The number of aryl methyl sites for hydroxylation is 1. The molecule has 90 valence electrons. The van der Waals surface area contributed by atoms with Gasteiger partial charge in [-0.25, -0.2) is 9.97 Å². The van der Waals surface area contributed by atoms with Crippen LogP contribution in [0.5, 0.6) is 0 Å². The van der Waals surface area contributed by atoms with Crippen LogP contribution in [0.25, 0.3) is 11.5 Å². The molecule has 0 bridgehead atoms. The third-order valence-electron chi connectivity index (χ3n) is 2.94. The van der Waals surface area contributed by atoms with Gasteiger partial charge >= 0.3 is 0 Å². The van der Waals surface area contributed by atoms with Crippen molar-refractivity contribution in [1.29, 1.82) is 0 Å². The number of aromatic nitrogens is 3. The maximum absolute atomic E-state index is 11.7. The average molecular weight is 260 g/mol. The van der Waals surface area contributed by atoms with Crippen LogP contribution in [0.4, 0.5) is 0 Å². The first-order valence-electron chi connectivity index (χ1n) is 5.75. The zero-order valence-electron chi connectivity index (χ0n) is 9.56. The van der Waals surface area contributed by atoms with Gasteiger partial charge in [0.15, 0.2) is 11.6 Å². The number of nitrogens with zero attached hydrogens (tertiary/aromatic N) is 3. The molecule has 0 atom stereocenters. The second kappa shape index (κ2) is 4.46. The Kier molecular flexibility index (Phi) is 2.80. The van der Waals surface area contributed by atoms with Crippen LogP contribution in [0, 0.1) is 0 Å². The molecule has 2 aromatic rings. The predicted molar refractivity (Wildman–Crippen MR) is 67.5 cm³/mol. The molecule has 3 rings (SSSR count). The van der Waals surface area contributed by atoms with Crippen LogP contribution < -0.4 is 0 Å². The molecule has 0 N–H and O–H groups in total. The summed E-state index contributed by atoms with van der Waals surface area (Å²) in [5.41, 5.74) is 2.15. The number of hydrogen-bond donors (Lipinski definition) is 0. The summed E-state index contributed by atoms with van der Waals surface area (Å²) >= 11 is 5.79. The van der Waals surface area contributed by atoms with E-state index < -0.39 is 0 Å². The summed E-state index contributed by atoms with van der Waals surface area (Å²) in [5.74, 6) is 0.673. The van der Waals surface area contributed by atoms with Gasteiger partial charge in [0.25, 0.3) is 0 Å². The third kappa shape index (κ3) is 1.99. The first-order chi connectivity index (χ1) is 8.74. The molecule has 18 heavy (non-hydrogen) atoms. The quantitative estimate of drug-likeness (QED) is 0.790. The molecule has 0 amide bonds. The van der Waals surface area contributed by atoms with E-state index in [0.29, 0.717) is 28.5 Å². The van der Waals surface area contributed by atoms with E-state index in [0.717, 1.165) is 18.5 Å². The minimum Gasteiger partial charge on any atom is -0.294 e. The van der Waals surface area contributed by atoms with E-state index in [1.807, 2.05) is 0 Å². The molecule has 2 heterocycles. The SMILES string of the molecule is O=C1CCCc2nc(-c3ccc(Cl)cn3)ncc21. The normalized spacial score (nSPS) is 14.4. The highest BCUT2D eigenvalue weighted by atomic mass is 35.5. The van der Waals surface area contributed by atoms with Gasteiger partial charge in [0.2, 0.25) is 0 Å². The molecule has 0 saturated heterocycles. The van der Waals surface area contributed by atoms with Gasteiger partial charge in [0.1, 0.15) is 5.69 Å². The molecular formula is C13H10ClN3O. The molecule has 0 radical (unpaired) electrons. The lowest BCUT2D eigenvalue weighted by Crippen LogP contribution is -2.14. The van der Waals surface area contributed by atoms with Crippen molar-refractivity contribution in [2.24, 2.45) is 0 Å². The van der Waals surface area contributed by atoms with Gasteiger partial charge in [-0.05, 0) is 25.0 Å². The van der Waals surface area contributed by atoms with Gasteiger partial charge in [-0.15, -0.1) is 0 Å². The fourth-order valence-electron chi connectivity index (χ4n) is 2.02. The molecule has 0 aliphatic heterocycles. The van der Waals surface area contributed by atoms with Crippen LogP contribution >= 0.6 is 11.6 Å². The van der Waals surface area contributed by atoms with Crippen LogP contribution in [0.2, 0.25) is 5.02 Å². The minimum absolute atomic E-state index is 0.131. The smallest absolute Gasteiger partial charge is 0.178 e. The Bertz CT molecular complexity index is 610. The summed E-state index contributed by atoms with van der Waals surface area (Å²) < 4.78 is 0. The molecule has 0 saturated carbocycles. The molecule has 1 aliphatic carbocycles. The number of Topliss-reactive ketones (excluding diaryl/α,β-unsaturated/α-hetero) is 1. The summed E-state index contributed by atoms with van der Waals surface area (Å²) in [6.07, 6.45) is 5.44. The predicted octanol–water partition coefficient (Wildman–Crippen LogP) is 2.71. The van der Waals surface area contributed by atoms with E-state index in [1.165, 1.54) is 0 Å². The van der Waals surface area contributed by atoms with Crippen molar-refractivity contribution in [2.75, 3.05) is 0 Å². The van der Waals surface area contributed by atoms with E-state index in [1.54, 1.807) is 24.5 Å². The zero-order valence-corrected chi connectivity index (χ0v) is 10.3. The number of hydrogen-bond acceptors (Lipinski definition) is 4. The highest BCUT2D eigenvalue weighted by Crippen LogP contribution is 2.21. The van der Waals surface area contributed by atoms with Gasteiger partial charge < -0.3 is 0 Å². The van der Waals surface area contributed by atoms with E-state index >= 15 is 0 Å². The largest absolute Gasteiger partial charge is 0.294 e. The lowest BCUT2D eigenvalue weighted by Gasteiger charge is -2.13. The van der Waals surface area contributed by atoms with Crippen molar-refractivity contribution >= 4 is 17.4 Å². The topological polar surface area (TPSA) is 55.7 Å². The summed E-state index contributed by atoms with van der Waals surface area (Å²) in [7, 11) is 0. The molecule has 0 unspecified atom stereocenters. The molecule has 4 nitrogen and oxygen atoms in total. The van der Waals surface area contributed by atoms with E-state index in [4.69, 9.17) is 11.6 Å². The third-order valence-corrected chi connectivity index (χ3v) is 3.17. The number of halogens is 1. The second-order valence-corrected chi connectivity index (χ2v) is 4.63. The van der Waals surface area contributed by atoms with Gasteiger partial charge in [-0.1, -0.05) is 11.6 Å². The Balaban J connectivity index is 2.04. The Hall–Kier alpha value is -1.81. The lowest BCUT2D eigenvalue weighted by molar-refractivity contribution is 0.0971. The molecule has 0 aromatic carbocycles. The first-order valence-corrected chi connectivity index (χ1v) is 6.13. The second-order valence-electron chi connectivity index (χ2n) is 4.19. The van der Waals surface area contributed by atoms with Crippen LogP contribution in [0.15, 0.2) is 24.5 Å². The van der Waals surface area contributed by atoms with Crippen LogP contribution in [0.1, 0.15) is 28.9 Å². The zero-order chi connectivity index (χ0) is 12.5. The number of carbonyl (C=O) groups is 1. The Morgan fingerprint density at radius 2 is 2.00 bits per heavy atom. The van der Waals surface area contributed by atoms with Crippen molar-refractivity contribution in [3.8, 4) is 11.5 Å². The van der Waals surface area contributed by atoms with Crippen molar-refractivity contribution in [2.45, 2.75) is 19.3 Å². The fourth-order valence-corrected chi connectivity index (χ4v) is 2.13. The van der Waals surface area contributed by atoms with E-state index in [9.17, 15) is 4.79 Å². The molecule has 0 fully saturated rings. The van der Waals surface area contributed by atoms with Gasteiger partial charge in [0.05, 0.1) is 16.3 Å². The Morgan fingerprint density at radius 3 is 2.78 bits per heavy atom. The summed E-state index contributed by atoms with van der Waals surface area (Å²) in [4.78, 5) is 24.5. The van der Waals surface area contributed by atoms with Gasteiger partial charge in [-0.3, -0.25) is 9.78 Å². The highest BCUT2D eigenvalue weighted by molar-refractivity contribution is 6.30. The van der Waals surface area contributed by atoms with Crippen LogP contribution in [-0.2, 0) is 6.42 Å². The number of fused-ring (bicyclic) bond motifs is 1. The maximum Gasteiger partial charge on any atom is 0.178 e. The molecule has 0 spiro atoms.